The minimum Gasteiger partial charge on any atom is -0.489 e. The Bertz CT molecular complexity index is 1850. The molecule has 0 unspecified atom stereocenters. The molecule has 0 heterocycles. The summed E-state index contributed by atoms with van der Waals surface area (Å²) < 4.78 is 23.9. The van der Waals surface area contributed by atoms with Gasteiger partial charge in [0, 0.05) is 30.5 Å². The van der Waals surface area contributed by atoms with Gasteiger partial charge in [0.2, 0.25) is 0 Å². The van der Waals surface area contributed by atoms with Gasteiger partial charge in [-0.1, -0.05) is 177 Å². The van der Waals surface area contributed by atoms with Crippen LogP contribution in [-0.4, -0.2) is 17.7 Å². The first-order valence-corrected chi connectivity index (χ1v) is 22.7. The van der Waals surface area contributed by atoms with Crippen LogP contribution in [0.3, 0.4) is 0 Å². The number of ketones is 1. The lowest BCUT2D eigenvalue weighted by Crippen LogP contribution is -2.10. The number of rotatable bonds is 31. The van der Waals surface area contributed by atoms with Crippen molar-refractivity contribution in [2.75, 3.05) is 0 Å². The van der Waals surface area contributed by atoms with Crippen LogP contribution in [-0.2, 0) is 22.8 Å². The monoisotopic (exact) mass is 816 g/mol. The topological polar surface area (TPSA) is 88.1 Å². The molecule has 0 atom stereocenters. The van der Waals surface area contributed by atoms with Gasteiger partial charge in [-0.05, 0) is 60.4 Å². The van der Waals surface area contributed by atoms with Crippen molar-refractivity contribution < 1.29 is 33.3 Å². The molecule has 0 saturated heterocycles. The van der Waals surface area contributed by atoms with Crippen molar-refractivity contribution in [2.45, 2.75) is 155 Å². The van der Waals surface area contributed by atoms with Crippen LogP contribution in [0.2, 0.25) is 0 Å². The Labute approximate surface area is 359 Å². The summed E-state index contributed by atoms with van der Waals surface area (Å²) in [6.45, 7) is 5.09. The van der Waals surface area contributed by atoms with Crippen LogP contribution in [0.4, 0.5) is 0 Å². The van der Waals surface area contributed by atoms with Crippen LogP contribution in [0.25, 0.3) is 6.08 Å². The molecule has 0 aliphatic heterocycles. The number of hydrogen-bond donors (Lipinski definition) is 0. The largest absolute Gasteiger partial charge is 0.489 e. The van der Waals surface area contributed by atoms with E-state index in [4.69, 9.17) is 18.9 Å². The maximum absolute atomic E-state index is 13.8. The highest BCUT2D eigenvalue weighted by Gasteiger charge is 2.16. The van der Waals surface area contributed by atoms with Gasteiger partial charge in [0.1, 0.15) is 36.2 Å². The molecule has 7 nitrogen and oxygen atoms in total. The Kier molecular flexibility index (Phi) is 23.1. The van der Waals surface area contributed by atoms with Gasteiger partial charge in [0.25, 0.3) is 0 Å². The van der Waals surface area contributed by atoms with Crippen molar-refractivity contribution in [1.29, 1.82) is 0 Å². The quantitative estimate of drug-likeness (QED) is 0.0164. The molecule has 0 amide bonds. The van der Waals surface area contributed by atoms with Crippen LogP contribution in [0, 0.1) is 0 Å². The smallest absolute Gasteiger partial charge is 0.311 e. The van der Waals surface area contributed by atoms with Gasteiger partial charge in [-0.2, -0.15) is 0 Å². The molecule has 322 valence electrons. The zero-order chi connectivity index (χ0) is 42.5. The van der Waals surface area contributed by atoms with Crippen molar-refractivity contribution >= 4 is 23.8 Å². The standard InChI is InChI=1S/C53H68O7/c1-3-5-7-9-11-13-15-17-25-31-52(55)59-47-35-33-45(50(40-47)60-53(56)32-26-18-16-14-12-10-8-6-4-2)34-38-49(54)48-37-36-46(57-41-43-27-21-19-22-28-43)39-51(48)58-42-44-29-23-20-24-30-44/h19-24,27-30,33-40H,3-18,25-26,31-32,41-42H2,1-2H3. The van der Waals surface area contributed by atoms with Gasteiger partial charge in [-0.3, -0.25) is 14.4 Å². The number of allylic oxidation sites excluding steroid dienone is 1. The summed E-state index contributed by atoms with van der Waals surface area (Å²) in [7, 11) is 0. The molecule has 4 aromatic rings. The van der Waals surface area contributed by atoms with Gasteiger partial charge < -0.3 is 18.9 Å². The average Bonchev–Trinajstić information content (AvgIpc) is 3.27. The maximum Gasteiger partial charge on any atom is 0.311 e. The van der Waals surface area contributed by atoms with Gasteiger partial charge in [0.15, 0.2) is 5.78 Å². The van der Waals surface area contributed by atoms with E-state index in [-0.39, 0.29) is 36.5 Å². The van der Waals surface area contributed by atoms with E-state index in [1.54, 1.807) is 42.5 Å². The van der Waals surface area contributed by atoms with Crippen molar-refractivity contribution in [3.8, 4) is 23.0 Å². The van der Waals surface area contributed by atoms with E-state index in [2.05, 4.69) is 13.8 Å². The highest BCUT2D eigenvalue weighted by molar-refractivity contribution is 6.09. The molecule has 0 aliphatic rings. The molecule has 0 aliphatic carbocycles. The molecule has 60 heavy (non-hydrogen) atoms. The molecule has 0 bridgehead atoms. The van der Waals surface area contributed by atoms with E-state index in [0.717, 1.165) is 49.7 Å². The molecule has 0 spiro atoms. The first kappa shape index (κ1) is 47.5. The van der Waals surface area contributed by atoms with Gasteiger partial charge >= 0.3 is 11.9 Å². The van der Waals surface area contributed by atoms with Gasteiger partial charge in [0.05, 0.1) is 5.56 Å². The minimum atomic E-state index is -0.361. The predicted molar refractivity (Wildman–Crippen MR) is 243 cm³/mol. The van der Waals surface area contributed by atoms with Crippen LogP contribution in [0.5, 0.6) is 23.0 Å². The van der Waals surface area contributed by atoms with E-state index in [1.807, 2.05) is 60.7 Å². The van der Waals surface area contributed by atoms with Crippen molar-refractivity contribution in [1.82, 2.24) is 0 Å². The number of carbonyl (C=O) groups excluding carboxylic acids is 3. The third-order valence-electron chi connectivity index (χ3n) is 10.5. The molecular weight excluding hydrogens is 749 g/mol. The van der Waals surface area contributed by atoms with Crippen molar-refractivity contribution in [3.63, 3.8) is 0 Å². The highest BCUT2D eigenvalue weighted by atomic mass is 16.5. The highest BCUT2D eigenvalue weighted by Crippen LogP contribution is 2.30. The second-order valence-electron chi connectivity index (χ2n) is 15.7. The van der Waals surface area contributed by atoms with E-state index in [0.29, 0.717) is 41.4 Å². The summed E-state index contributed by atoms with van der Waals surface area (Å²) in [4.78, 5) is 39.8. The summed E-state index contributed by atoms with van der Waals surface area (Å²) in [6, 6.07) is 29.8. The number of hydrogen-bond acceptors (Lipinski definition) is 7. The Balaban J connectivity index is 1.43. The normalized spacial score (nSPS) is 11.1. The molecule has 0 radical (unpaired) electrons. The molecule has 0 aromatic heterocycles. The van der Waals surface area contributed by atoms with Crippen LogP contribution in [0.15, 0.2) is 103 Å². The minimum absolute atomic E-state index is 0.235. The summed E-state index contributed by atoms with van der Waals surface area (Å²) in [6.07, 6.45) is 24.4. The summed E-state index contributed by atoms with van der Waals surface area (Å²) >= 11 is 0. The Morgan fingerprint density at radius 3 is 1.48 bits per heavy atom. The zero-order valence-electron chi connectivity index (χ0n) is 36.3. The zero-order valence-corrected chi connectivity index (χ0v) is 36.3. The average molecular weight is 817 g/mol. The molecule has 4 aromatic carbocycles. The molecule has 7 heteroatoms. The van der Waals surface area contributed by atoms with E-state index in [9.17, 15) is 14.4 Å². The first-order chi connectivity index (χ1) is 29.4. The molecule has 0 fully saturated rings. The lowest BCUT2D eigenvalue weighted by molar-refractivity contribution is -0.135. The summed E-state index contributed by atoms with van der Waals surface area (Å²) in [5.74, 6) is 0.525. The first-order valence-electron chi connectivity index (χ1n) is 22.7. The van der Waals surface area contributed by atoms with E-state index >= 15 is 0 Å². The van der Waals surface area contributed by atoms with Crippen LogP contribution < -0.4 is 18.9 Å². The number of esters is 2. The number of carbonyl (C=O) groups is 3. The predicted octanol–water partition coefficient (Wildman–Crippen LogP) is 14.4. The summed E-state index contributed by atoms with van der Waals surface area (Å²) in [5, 5.41) is 0. The fraction of sp³-hybridized carbons (Fsp3) is 0.453. The Morgan fingerprint density at radius 1 is 0.467 bits per heavy atom. The van der Waals surface area contributed by atoms with Gasteiger partial charge in [-0.25, -0.2) is 0 Å². The Morgan fingerprint density at radius 2 is 0.933 bits per heavy atom. The Hall–Kier alpha value is -5.17. The second-order valence-corrected chi connectivity index (χ2v) is 15.7. The SMILES string of the molecule is CCCCCCCCCCCC(=O)Oc1ccc(C=CC(=O)c2ccc(OCc3ccccc3)cc2OCc2ccccc2)c(OC(=O)CCCCCCCCCCC)c1. The van der Waals surface area contributed by atoms with Crippen LogP contribution >= 0.6 is 0 Å². The lowest BCUT2D eigenvalue weighted by Gasteiger charge is -2.13. The lowest BCUT2D eigenvalue weighted by atomic mass is 10.1. The fourth-order valence-corrected chi connectivity index (χ4v) is 6.97. The van der Waals surface area contributed by atoms with E-state index < -0.39 is 0 Å². The molecule has 0 saturated carbocycles. The van der Waals surface area contributed by atoms with Crippen LogP contribution in [0.1, 0.15) is 169 Å². The van der Waals surface area contributed by atoms with Crippen molar-refractivity contribution in [2.24, 2.45) is 0 Å². The molecule has 0 N–H and O–H groups in total. The summed E-state index contributed by atoms with van der Waals surface area (Å²) in [5.41, 5.74) is 2.86. The third-order valence-corrected chi connectivity index (χ3v) is 10.5. The second kappa shape index (κ2) is 29.1. The maximum atomic E-state index is 13.8. The third kappa shape index (κ3) is 19.3. The number of ether oxygens (including phenoxy) is 4. The van der Waals surface area contributed by atoms with E-state index in [1.165, 1.54) is 83.1 Å². The molecular formula is C53H68O7. The number of benzene rings is 4. The van der Waals surface area contributed by atoms with Gasteiger partial charge in [-0.15, -0.1) is 0 Å². The molecule has 4 rings (SSSR count). The number of unbranched alkanes of at least 4 members (excludes halogenated alkanes) is 16. The fourth-order valence-electron chi connectivity index (χ4n) is 6.97. The van der Waals surface area contributed by atoms with Crippen molar-refractivity contribution in [3.05, 3.63) is 125 Å².